The van der Waals surface area contributed by atoms with Crippen molar-refractivity contribution in [1.29, 1.82) is 0 Å². The highest BCUT2D eigenvalue weighted by Crippen LogP contribution is 2.24. The molecule has 0 aliphatic carbocycles. The standard InChI is InChI=1S/C17H19N5OS2/c1-12-5-2-3-6-13(12)8-9-19-15(23)11-25-17-21-20-16(22(17)18)14-7-4-10-24-14/h2-7,10H,8-9,11,18H2,1H3,(H,19,23). The van der Waals surface area contributed by atoms with Crippen LogP contribution >= 0.6 is 23.1 Å². The van der Waals surface area contributed by atoms with Gasteiger partial charge in [0.05, 0.1) is 10.6 Å². The van der Waals surface area contributed by atoms with Crippen LogP contribution in [-0.4, -0.2) is 33.1 Å². The van der Waals surface area contributed by atoms with Crippen molar-refractivity contribution in [2.24, 2.45) is 0 Å². The first kappa shape index (κ1) is 17.5. The highest BCUT2D eigenvalue weighted by molar-refractivity contribution is 7.99. The Morgan fingerprint density at radius 1 is 1.28 bits per heavy atom. The summed E-state index contributed by atoms with van der Waals surface area (Å²) in [5.74, 6) is 6.84. The molecule has 130 valence electrons. The van der Waals surface area contributed by atoms with E-state index in [-0.39, 0.29) is 11.7 Å². The van der Waals surface area contributed by atoms with Gasteiger partial charge in [0.1, 0.15) is 0 Å². The smallest absolute Gasteiger partial charge is 0.230 e. The number of carbonyl (C=O) groups is 1. The number of aromatic nitrogens is 3. The average Bonchev–Trinajstić information content (AvgIpc) is 3.24. The maximum atomic E-state index is 12.0. The van der Waals surface area contributed by atoms with Gasteiger partial charge >= 0.3 is 0 Å². The molecule has 0 saturated heterocycles. The molecule has 0 fully saturated rings. The quantitative estimate of drug-likeness (QED) is 0.491. The third kappa shape index (κ3) is 4.40. The van der Waals surface area contributed by atoms with E-state index in [1.54, 1.807) is 11.3 Å². The lowest BCUT2D eigenvalue weighted by atomic mass is 10.1. The molecular formula is C17H19N5OS2. The first-order chi connectivity index (χ1) is 12.1. The first-order valence-electron chi connectivity index (χ1n) is 7.83. The van der Waals surface area contributed by atoms with Crippen LogP contribution in [0.15, 0.2) is 46.9 Å². The Morgan fingerprint density at radius 3 is 2.88 bits per heavy atom. The molecule has 0 unspecified atom stereocenters. The number of rotatable bonds is 7. The van der Waals surface area contributed by atoms with Crippen LogP contribution in [-0.2, 0) is 11.2 Å². The van der Waals surface area contributed by atoms with Gasteiger partial charge in [-0.3, -0.25) is 4.79 Å². The molecule has 8 heteroatoms. The van der Waals surface area contributed by atoms with E-state index in [9.17, 15) is 4.79 Å². The van der Waals surface area contributed by atoms with Crippen LogP contribution in [0, 0.1) is 6.92 Å². The zero-order chi connectivity index (χ0) is 17.6. The summed E-state index contributed by atoms with van der Waals surface area (Å²) in [7, 11) is 0. The van der Waals surface area contributed by atoms with Gasteiger partial charge in [-0.05, 0) is 35.9 Å². The van der Waals surface area contributed by atoms with E-state index in [4.69, 9.17) is 5.84 Å². The maximum Gasteiger partial charge on any atom is 0.230 e. The number of carbonyl (C=O) groups excluding carboxylic acids is 1. The summed E-state index contributed by atoms with van der Waals surface area (Å²) in [6.45, 7) is 2.69. The summed E-state index contributed by atoms with van der Waals surface area (Å²) in [6.07, 6.45) is 0.818. The lowest BCUT2D eigenvalue weighted by Gasteiger charge is -2.07. The molecule has 0 saturated carbocycles. The topological polar surface area (TPSA) is 85.8 Å². The Balaban J connectivity index is 1.47. The monoisotopic (exact) mass is 373 g/mol. The minimum Gasteiger partial charge on any atom is -0.355 e. The molecule has 6 nitrogen and oxygen atoms in total. The van der Waals surface area contributed by atoms with Gasteiger partial charge in [-0.1, -0.05) is 42.1 Å². The number of nitrogens with one attached hydrogen (secondary N) is 1. The molecule has 25 heavy (non-hydrogen) atoms. The van der Waals surface area contributed by atoms with Crippen molar-refractivity contribution in [3.05, 3.63) is 52.9 Å². The van der Waals surface area contributed by atoms with Gasteiger partial charge in [0.25, 0.3) is 0 Å². The number of hydrogen-bond acceptors (Lipinski definition) is 6. The Kier molecular flexibility index (Phi) is 5.72. The van der Waals surface area contributed by atoms with E-state index >= 15 is 0 Å². The lowest BCUT2D eigenvalue weighted by Crippen LogP contribution is -2.27. The molecule has 1 aromatic carbocycles. The molecule has 0 aliphatic heterocycles. The van der Waals surface area contributed by atoms with Gasteiger partial charge in [0.15, 0.2) is 5.82 Å². The lowest BCUT2D eigenvalue weighted by molar-refractivity contribution is -0.118. The fraction of sp³-hybridized carbons (Fsp3) is 0.235. The number of thioether (sulfide) groups is 1. The molecule has 0 spiro atoms. The van der Waals surface area contributed by atoms with Crippen LogP contribution in [0.2, 0.25) is 0 Å². The molecular weight excluding hydrogens is 354 g/mol. The van der Waals surface area contributed by atoms with Crippen LogP contribution in [0.4, 0.5) is 0 Å². The van der Waals surface area contributed by atoms with Crippen molar-refractivity contribution < 1.29 is 4.79 Å². The summed E-state index contributed by atoms with van der Waals surface area (Å²) in [6, 6.07) is 12.1. The fourth-order valence-electron chi connectivity index (χ4n) is 2.36. The second kappa shape index (κ2) is 8.17. The predicted octanol–water partition coefficient (Wildman–Crippen LogP) is 2.48. The van der Waals surface area contributed by atoms with Gasteiger partial charge in [-0.15, -0.1) is 21.5 Å². The van der Waals surface area contributed by atoms with E-state index in [2.05, 4.69) is 34.6 Å². The van der Waals surface area contributed by atoms with Gasteiger partial charge in [-0.2, -0.15) is 0 Å². The van der Waals surface area contributed by atoms with Gasteiger partial charge < -0.3 is 11.2 Å². The van der Waals surface area contributed by atoms with Crippen LogP contribution in [0.5, 0.6) is 0 Å². The third-order valence-corrected chi connectivity index (χ3v) is 5.53. The number of nitrogen functional groups attached to an aromatic ring is 1. The molecule has 3 aromatic rings. The summed E-state index contributed by atoms with van der Waals surface area (Å²) in [4.78, 5) is 13.0. The van der Waals surface area contributed by atoms with Crippen molar-refractivity contribution in [2.45, 2.75) is 18.5 Å². The van der Waals surface area contributed by atoms with E-state index in [0.717, 1.165) is 11.3 Å². The van der Waals surface area contributed by atoms with Gasteiger partial charge in [-0.25, -0.2) is 4.68 Å². The summed E-state index contributed by atoms with van der Waals surface area (Å²) in [5, 5.41) is 13.6. The van der Waals surface area contributed by atoms with Crippen molar-refractivity contribution in [3.8, 4) is 10.7 Å². The van der Waals surface area contributed by atoms with Crippen LogP contribution < -0.4 is 11.2 Å². The molecule has 3 rings (SSSR count). The third-order valence-electron chi connectivity index (χ3n) is 3.72. The van der Waals surface area contributed by atoms with Crippen molar-refractivity contribution in [2.75, 3.05) is 18.1 Å². The zero-order valence-corrected chi connectivity index (χ0v) is 15.4. The van der Waals surface area contributed by atoms with E-state index in [1.807, 2.05) is 29.6 Å². The predicted molar refractivity (Wildman–Crippen MR) is 102 cm³/mol. The average molecular weight is 374 g/mol. The Hall–Kier alpha value is -2.32. The summed E-state index contributed by atoms with van der Waals surface area (Å²) >= 11 is 2.83. The number of hydrogen-bond donors (Lipinski definition) is 2. The zero-order valence-electron chi connectivity index (χ0n) is 13.8. The van der Waals surface area contributed by atoms with Crippen LogP contribution in [0.25, 0.3) is 10.7 Å². The number of nitrogens with two attached hydrogens (primary N) is 1. The molecule has 1 amide bonds. The number of amides is 1. The Labute approximate surface area is 154 Å². The molecule has 0 radical (unpaired) electrons. The Morgan fingerprint density at radius 2 is 2.12 bits per heavy atom. The molecule has 2 aromatic heterocycles. The van der Waals surface area contributed by atoms with Gasteiger partial charge in [0, 0.05) is 6.54 Å². The first-order valence-corrected chi connectivity index (χ1v) is 9.70. The molecule has 0 aliphatic rings. The van der Waals surface area contributed by atoms with E-state index in [1.165, 1.54) is 27.6 Å². The second-order valence-electron chi connectivity index (χ2n) is 5.47. The maximum absolute atomic E-state index is 12.0. The van der Waals surface area contributed by atoms with E-state index < -0.39 is 0 Å². The normalized spacial score (nSPS) is 10.8. The summed E-state index contributed by atoms with van der Waals surface area (Å²) in [5.41, 5.74) is 2.49. The minimum absolute atomic E-state index is 0.0424. The van der Waals surface area contributed by atoms with Crippen LogP contribution in [0.1, 0.15) is 11.1 Å². The van der Waals surface area contributed by atoms with Crippen molar-refractivity contribution >= 4 is 29.0 Å². The number of thiophene rings is 1. The molecule has 0 atom stereocenters. The molecule has 2 heterocycles. The minimum atomic E-state index is -0.0424. The second-order valence-corrected chi connectivity index (χ2v) is 7.36. The summed E-state index contributed by atoms with van der Waals surface area (Å²) < 4.78 is 1.43. The number of nitrogens with zero attached hydrogens (tertiary/aromatic N) is 3. The highest BCUT2D eigenvalue weighted by atomic mass is 32.2. The number of aryl methyl sites for hydroxylation is 1. The van der Waals surface area contributed by atoms with E-state index in [0.29, 0.717) is 17.5 Å². The largest absolute Gasteiger partial charge is 0.355 e. The van der Waals surface area contributed by atoms with Crippen molar-refractivity contribution in [1.82, 2.24) is 20.2 Å². The SMILES string of the molecule is Cc1ccccc1CCNC(=O)CSc1nnc(-c2cccs2)n1N. The van der Waals surface area contributed by atoms with Crippen LogP contribution in [0.3, 0.4) is 0 Å². The van der Waals surface area contributed by atoms with Crippen molar-refractivity contribution in [3.63, 3.8) is 0 Å². The Bertz CT molecular complexity index is 845. The van der Waals surface area contributed by atoms with Gasteiger partial charge in [0.2, 0.25) is 11.1 Å². The molecule has 3 N–H and O–H groups in total. The highest BCUT2D eigenvalue weighted by Gasteiger charge is 2.14. The fourth-order valence-corrected chi connectivity index (χ4v) is 3.75. The molecule has 0 bridgehead atoms. The number of benzene rings is 1.